The second-order valence-electron chi connectivity index (χ2n) is 3.01. The fourth-order valence-corrected chi connectivity index (χ4v) is 1.29. The Labute approximate surface area is 102 Å². The molecule has 0 spiro atoms. The Kier molecular flexibility index (Phi) is 3.66. The van der Waals surface area contributed by atoms with Crippen LogP contribution < -0.4 is 10.6 Å². The maximum Gasteiger partial charge on any atom is 0.228 e. The Balaban J connectivity index is 1.92. The van der Waals surface area contributed by atoms with Crippen LogP contribution in [0.5, 0.6) is 0 Å². The van der Waals surface area contributed by atoms with Crippen LogP contribution in [0, 0.1) is 0 Å². The Morgan fingerprint density at radius 1 is 1.29 bits per heavy atom. The first-order chi connectivity index (χ1) is 8.28. The summed E-state index contributed by atoms with van der Waals surface area (Å²) in [5, 5.41) is 9.40. The lowest BCUT2D eigenvalue weighted by Crippen LogP contribution is -2.10. The van der Waals surface area contributed by atoms with Gasteiger partial charge in [0.05, 0.1) is 0 Å². The second-order valence-corrected chi connectivity index (χ2v) is 3.35. The first-order valence-corrected chi connectivity index (χ1v) is 5.24. The average Bonchev–Trinajstić information content (AvgIpc) is 2.81. The monoisotopic (exact) mass is 255 g/mol. The van der Waals surface area contributed by atoms with Gasteiger partial charge >= 0.3 is 0 Å². The fraction of sp³-hybridized carbons (Fsp3) is 0.375. The van der Waals surface area contributed by atoms with Crippen molar-refractivity contribution in [2.45, 2.75) is 6.42 Å². The van der Waals surface area contributed by atoms with Crippen molar-refractivity contribution in [1.29, 1.82) is 0 Å². The highest BCUT2D eigenvalue weighted by Crippen LogP contribution is 2.08. The standard InChI is InChI=1S/C8H10ClN7O/c1-10-7-14-6(9)15-8(16-7)11-3-2-5-12-4-13-17-5/h4H,2-3H2,1H3,(H2,10,11,14,15,16). The lowest BCUT2D eigenvalue weighted by Gasteiger charge is -2.04. The molecular formula is C8H10ClN7O. The smallest absolute Gasteiger partial charge is 0.228 e. The molecule has 0 amide bonds. The van der Waals surface area contributed by atoms with E-state index in [2.05, 4.69) is 35.7 Å². The van der Waals surface area contributed by atoms with Crippen LogP contribution in [0.4, 0.5) is 11.9 Å². The highest BCUT2D eigenvalue weighted by atomic mass is 35.5. The normalized spacial score (nSPS) is 10.2. The lowest BCUT2D eigenvalue weighted by atomic mass is 10.4. The van der Waals surface area contributed by atoms with Gasteiger partial charge in [-0.2, -0.15) is 19.9 Å². The average molecular weight is 256 g/mol. The van der Waals surface area contributed by atoms with E-state index in [1.807, 2.05) is 0 Å². The molecule has 0 aliphatic rings. The zero-order chi connectivity index (χ0) is 12.1. The first-order valence-electron chi connectivity index (χ1n) is 4.86. The fourth-order valence-electron chi connectivity index (χ4n) is 1.13. The summed E-state index contributed by atoms with van der Waals surface area (Å²) in [6.45, 7) is 0.561. The number of nitrogens with one attached hydrogen (secondary N) is 2. The lowest BCUT2D eigenvalue weighted by molar-refractivity contribution is 0.379. The number of aromatic nitrogens is 5. The molecular weight excluding hydrogens is 246 g/mol. The van der Waals surface area contributed by atoms with Crippen LogP contribution in [0.15, 0.2) is 10.9 Å². The number of anilines is 2. The number of halogens is 1. The topological polar surface area (TPSA) is 102 Å². The van der Waals surface area contributed by atoms with Gasteiger partial charge in [0.15, 0.2) is 6.33 Å². The number of rotatable bonds is 5. The van der Waals surface area contributed by atoms with E-state index in [1.54, 1.807) is 7.05 Å². The minimum Gasteiger partial charge on any atom is -0.357 e. The van der Waals surface area contributed by atoms with Crippen LogP contribution in [0.2, 0.25) is 5.28 Å². The third-order valence-electron chi connectivity index (χ3n) is 1.86. The van der Waals surface area contributed by atoms with Gasteiger partial charge in [0.25, 0.3) is 0 Å². The summed E-state index contributed by atoms with van der Waals surface area (Å²) in [7, 11) is 1.70. The van der Waals surface area contributed by atoms with Crippen LogP contribution in [0.25, 0.3) is 0 Å². The van der Waals surface area contributed by atoms with E-state index in [-0.39, 0.29) is 5.28 Å². The second kappa shape index (κ2) is 5.39. The molecule has 0 radical (unpaired) electrons. The number of hydrogen-bond donors (Lipinski definition) is 2. The Hall–Kier alpha value is -1.96. The summed E-state index contributed by atoms with van der Waals surface area (Å²) in [6, 6.07) is 0. The first kappa shape index (κ1) is 11.5. The molecule has 2 aromatic rings. The van der Waals surface area contributed by atoms with E-state index in [0.717, 1.165) is 0 Å². The van der Waals surface area contributed by atoms with E-state index < -0.39 is 0 Å². The van der Waals surface area contributed by atoms with Crippen molar-refractivity contribution in [3.63, 3.8) is 0 Å². The number of hydrogen-bond acceptors (Lipinski definition) is 8. The molecule has 0 atom stereocenters. The summed E-state index contributed by atoms with van der Waals surface area (Å²) < 4.78 is 4.85. The SMILES string of the molecule is CNc1nc(Cl)nc(NCCc2ncno2)n1. The van der Waals surface area contributed by atoms with Crippen molar-refractivity contribution in [2.24, 2.45) is 0 Å². The van der Waals surface area contributed by atoms with E-state index in [9.17, 15) is 0 Å². The highest BCUT2D eigenvalue weighted by molar-refractivity contribution is 6.28. The van der Waals surface area contributed by atoms with E-state index in [4.69, 9.17) is 16.1 Å². The summed E-state index contributed by atoms with van der Waals surface area (Å²) in [5.41, 5.74) is 0. The van der Waals surface area contributed by atoms with E-state index >= 15 is 0 Å². The predicted molar refractivity (Wildman–Crippen MR) is 60.9 cm³/mol. The van der Waals surface area contributed by atoms with Gasteiger partial charge < -0.3 is 15.2 Å². The predicted octanol–water partition coefficient (Wildman–Crippen LogP) is 0.604. The van der Waals surface area contributed by atoms with Gasteiger partial charge in [-0.1, -0.05) is 5.16 Å². The highest BCUT2D eigenvalue weighted by Gasteiger charge is 2.04. The van der Waals surface area contributed by atoms with Crippen LogP contribution in [0.1, 0.15) is 5.89 Å². The molecule has 0 unspecified atom stereocenters. The van der Waals surface area contributed by atoms with Crippen molar-refractivity contribution in [3.05, 3.63) is 17.5 Å². The third kappa shape index (κ3) is 3.25. The molecule has 17 heavy (non-hydrogen) atoms. The largest absolute Gasteiger partial charge is 0.357 e. The van der Waals surface area contributed by atoms with Gasteiger partial charge in [-0.05, 0) is 11.6 Å². The minimum atomic E-state index is 0.129. The maximum absolute atomic E-state index is 5.72. The Bertz CT molecular complexity index is 475. The van der Waals surface area contributed by atoms with Gasteiger partial charge in [-0.3, -0.25) is 0 Å². The third-order valence-corrected chi connectivity index (χ3v) is 2.03. The molecule has 0 fully saturated rings. The van der Waals surface area contributed by atoms with Crippen LogP contribution in [-0.2, 0) is 6.42 Å². The van der Waals surface area contributed by atoms with Crippen LogP contribution in [-0.4, -0.2) is 38.7 Å². The molecule has 2 aromatic heterocycles. The van der Waals surface area contributed by atoms with E-state index in [1.165, 1.54) is 6.33 Å². The molecule has 0 aliphatic heterocycles. The van der Waals surface area contributed by atoms with Gasteiger partial charge in [0.2, 0.25) is 23.1 Å². The van der Waals surface area contributed by atoms with Crippen molar-refractivity contribution in [3.8, 4) is 0 Å². The quantitative estimate of drug-likeness (QED) is 0.801. The molecule has 9 heteroatoms. The summed E-state index contributed by atoms with van der Waals surface area (Å²) in [6.07, 6.45) is 1.94. The van der Waals surface area contributed by atoms with Gasteiger partial charge in [0.1, 0.15) is 0 Å². The molecule has 0 saturated carbocycles. The maximum atomic E-state index is 5.72. The Morgan fingerprint density at radius 2 is 2.12 bits per heavy atom. The summed E-state index contributed by atoms with van der Waals surface area (Å²) in [4.78, 5) is 15.8. The molecule has 90 valence electrons. The van der Waals surface area contributed by atoms with Crippen molar-refractivity contribution in [1.82, 2.24) is 25.1 Å². The van der Waals surface area contributed by atoms with Crippen LogP contribution in [0.3, 0.4) is 0 Å². The minimum absolute atomic E-state index is 0.129. The Morgan fingerprint density at radius 3 is 2.82 bits per heavy atom. The molecule has 2 heterocycles. The zero-order valence-electron chi connectivity index (χ0n) is 9.01. The van der Waals surface area contributed by atoms with Gasteiger partial charge in [-0.15, -0.1) is 0 Å². The van der Waals surface area contributed by atoms with Crippen LogP contribution >= 0.6 is 11.6 Å². The molecule has 2 N–H and O–H groups in total. The molecule has 0 aromatic carbocycles. The number of nitrogens with zero attached hydrogens (tertiary/aromatic N) is 5. The molecule has 0 aliphatic carbocycles. The van der Waals surface area contributed by atoms with Crippen molar-refractivity contribution >= 4 is 23.5 Å². The molecule has 0 bridgehead atoms. The zero-order valence-corrected chi connectivity index (χ0v) is 9.77. The molecule has 2 rings (SSSR count). The summed E-state index contributed by atoms with van der Waals surface area (Å²) >= 11 is 5.72. The van der Waals surface area contributed by atoms with Gasteiger partial charge in [-0.25, -0.2) is 0 Å². The molecule has 8 nitrogen and oxygen atoms in total. The molecule has 0 saturated heterocycles. The van der Waals surface area contributed by atoms with Gasteiger partial charge in [0, 0.05) is 20.0 Å². The van der Waals surface area contributed by atoms with Crippen molar-refractivity contribution in [2.75, 3.05) is 24.2 Å². The summed E-state index contributed by atoms with van der Waals surface area (Å²) in [5.74, 6) is 1.35. The van der Waals surface area contributed by atoms with E-state index in [0.29, 0.717) is 30.8 Å². The van der Waals surface area contributed by atoms with Crippen molar-refractivity contribution < 1.29 is 4.52 Å².